The highest BCUT2D eigenvalue weighted by molar-refractivity contribution is 4.90. The van der Waals surface area contributed by atoms with Gasteiger partial charge in [-0.2, -0.15) is 10.1 Å². The van der Waals surface area contributed by atoms with Crippen molar-refractivity contribution in [3.63, 3.8) is 0 Å². The summed E-state index contributed by atoms with van der Waals surface area (Å²) in [6.45, 7) is 1.86. The predicted molar refractivity (Wildman–Crippen MR) is 32.0 cm³/mol. The van der Waals surface area contributed by atoms with E-state index in [0.717, 1.165) is 0 Å². The molecule has 1 rings (SSSR count). The first kappa shape index (κ1) is 5.94. The molecule has 0 aromatic carbocycles. The Morgan fingerprint density at radius 3 is 3.00 bits per heavy atom. The van der Waals surface area contributed by atoms with Gasteiger partial charge in [-0.15, -0.1) is 0 Å². The van der Waals surface area contributed by atoms with E-state index in [9.17, 15) is 4.79 Å². The largest absolute Gasteiger partial charge is 0.294 e. The van der Waals surface area contributed by atoms with E-state index in [-0.39, 0.29) is 5.56 Å². The molecule has 0 atom stereocenters. The normalized spacial score (nSPS) is 9.44. The van der Waals surface area contributed by atoms with E-state index < -0.39 is 0 Å². The van der Waals surface area contributed by atoms with Crippen molar-refractivity contribution in [3.05, 3.63) is 22.4 Å². The molecule has 0 bridgehead atoms. The fraction of sp³-hybridized carbons (Fsp3) is 0.400. The van der Waals surface area contributed by atoms with Gasteiger partial charge in [0.2, 0.25) is 0 Å². The summed E-state index contributed by atoms with van der Waals surface area (Å²) in [7, 11) is 0. The summed E-state index contributed by atoms with van der Waals surface area (Å²) in [5, 5.41) is 6.19. The average Bonchev–Trinajstić information content (AvgIpc) is 1.89. The highest BCUT2D eigenvalue weighted by atomic mass is 16.1. The quantitative estimate of drug-likeness (QED) is 0.562. The van der Waals surface area contributed by atoms with Gasteiger partial charge in [-0.05, 0) is 6.42 Å². The molecule has 0 amide bonds. The molecule has 1 aromatic rings. The minimum Gasteiger partial charge on any atom is -0.267 e. The first-order valence-electron chi connectivity index (χ1n) is 2.73. The minimum atomic E-state index is -0.240. The van der Waals surface area contributed by atoms with Crippen LogP contribution in [0.25, 0.3) is 0 Å². The summed E-state index contributed by atoms with van der Waals surface area (Å²) in [4.78, 5) is 14.1. The Balaban J connectivity index is 3.16. The molecule has 1 heterocycles. The predicted octanol–water partition coefficient (Wildman–Crippen LogP) is -0.273. The Labute approximate surface area is 52.0 Å². The van der Waals surface area contributed by atoms with Gasteiger partial charge in [-0.3, -0.25) is 9.89 Å². The van der Waals surface area contributed by atoms with Crippen LogP contribution in [-0.4, -0.2) is 15.2 Å². The number of nitrogens with zero attached hydrogens (tertiary/aromatic N) is 2. The number of aromatic nitrogens is 3. The third-order valence-corrected chi connectivity index (χ3v) is 1.02. The second kappa shape index (κ2) is 2.39. The Morgan fingerprint density at radius 2 is 2.56 bits per heavy atom. The van der Waals surface area contributed by atoms with Crippen LogP contribution in [0.3, 0.4) is 0 Å². The molecule has 1 N–H and O–H groups in total. The van der Waals surface area contributed by atoms with E-state index >= 15 is 0 Å². The van der Waals surface area contributed by atoms with Crippen LogP contribution < -0.4 is 5.56 Å². The van der Waals surface area contributed by atoms with Crippen LogP contribution in [0.15, 0.2) is 11.1 Å². The number of rotatable bonds is 1. The van der Waals surface area contributed by atoms with E-state index in [2.05, 4.69) is 15.2 Å². The molecular weight excluding hydrogens is 118 g/mol. The van der Waals surface area contributed by atoms with Gasteiger partial charge in [0.25, 0.3) is 5.56 Å². The molecule has 0 aliphatic carbocycles. The summed E-state index contributed by atoms with van der Waals surface area (Å²) < 4.78 is 0. The van der Waals surface area contributed by atoms with Crippen LogP contribution in [0.1, 0.15) is 12.6 Å². The van der Waals surface area contributed by atoms with E-state index in [4.69, 9.17) is 0 Å². The lowest BCUT2D eigenvalue weighted by molar-refractivity contribution is 0.851. The highest BCUT2D eigenvalue weighted by Gasteiger charge is 1.94. The van der Waals surface area contributed by atoms with Crippen LogP contribution in [0.5, 0.6) is 0 Å². The van der Waals surface area contributed by atoms with Crippen molar-refractivity contribution in [2.24, 2.45) is 0 Å². The molecule has 0 aliphatic heterocycles. The van der Waals surface area contributed by atoms with Crippen molar-refractivity contribution in [2.75, 3.05) is 0 Å². The smallest absolute Gasteiger partial charge is 0.267 e. The zero-order chi connectivity index (χ0) is 6.69. The fourth-order valence-corrected chi connectivity index (χ4v) is 0.547. The van der Waals surface area contributed by atoms with Gasteiger partial charge in [0.1, 0.15) is 12.0 Å². The number of nitrogens with one attached hydrogen (secondary N) is 1. The monoisotopic (exact) mass is 125 g/mol. The molecular formula is C5H7N3O. The summed E-state index contributed by atoms with van der Waals surface area (Å²) in [5.41, 5.74) is 0.244. The standard InChI is InChI=1S/C5H7N3O/c1-2-4-5(9)6-3-7-8-4/h3H,2H2,1H3,(H,6,7,9). The van der Waals surface area contributed by atoms with Gasteiger partial charge in [-0.25, -0.2) is 0 Å². The Hall–Kier alpha value is -1.19. The molecule has 48 valence electrons. The minimum absolute atomic E-state index is 0.240. The molecule has 0 radical (unpaired) electrons. The van der Waals surface area contributed by atoms with Crippen LogP contribution in [0.4, 0.5) is 0 Å². The molecule has 9 heavy (non-hydrogen) atoms. The van der Waals surface area contributed by atoms with E-state index in [1.54, 1.807) is 0 Å². The summed E-state index contributed by atoms with van der Waals surface area (Å²) >= 11 is 0. The first-order chi connectivity index (χ1) is 4.34. The van der Waals surface area contributed by atoms with Crippen molar-refractivity contribution in [2.45, 2.75) is 13.3 Å². The van der Waals surface area contributed by atoms with E-state index in [1.165, 1.54) is 6.33 Å². The second-order valence-corrected chi connectivity index (χ2v) is 1.60. The van der Waals surface area contributed by atoms with Crippen molar-refractivity contribution >= 4 is 0 Å². The van der Waals surface area contributed by atoms with E-state index in [0.29, 0.717) is 12.1 Å². The van der Waals surface area contributed by atoms with Crippen LogP contribution in [0, 0.1) is 0 Å². The third kappa shape index (κ3) is 1.13. The topological polar surface area (TPSA) is 58.6 Å². The van der Waals surface area contributed by atoms with Crippen LogP contribution in [-0.2, 0) is 6.42 Å². The zero-order valence-corrected chi connectivity index (χ0v) is 5.09. The van der Waals surface area contributed by atoms with Crippen molar-refractivity contribution in [1.29, 1.82) is 0 Å². The number of hydrogen-bond acceptors (Lipinski definition) is 3. The van der Waals surface area contributed by atoms with Gasteiger partial charge in [0.15, 0.2) is 0 Å². The molecule has 1 aromatic heterocycles. The average molecular weight is 125 g/mol. The van der Waals surface area contributed by atoms with Crippen LogP contribution >= 0.6 is 0 Å². The van der Waals surface area contributed by atoms with Gasteiger partial charge >= 0.3 is 0 Å². The second-order valence-electron chi connectivity index (χ2n) is 1.60. The van der Waals surface area contributed by atoms with Crippen molar-refractivity contribution in [3.8, 4) is 0 Å². The van der Waals surface area contributed by atoms with Crippen LogP contribution in [0.2, 0.25) is 0 Å². The van der Waals surface area contributed by atoms with E-state index in [1.807, 2.05) is 6.92 Å². The molecule has 4 nitrogen and oxygen atoms in total. The lowest BCUT2D eigenvalue weighted by Gasteiger charge is -1.87. The number of hydrogen-bond donors (Lipinski definition) is 1. The van der Waals surface area contributed by atoms with Gasteiger partial charge in [0, 0.05) is 0 Å². The van der Waals surface area contributed by atoms with Crippen molar-refractivity contribution < 1.29 is 0 Å². The molecule has 0 saturated carbocycles. The number of H-pyrrole nitrogens is 1. The molecule has 0 spiro atoms. The molecule has 0 saturated heterocycles. The fourth-order valence-electron chi connectivity index (χ4n) is 0.547. The highest BCUT2D eigenvalue weighted by Crippen LogP contribution is 1.77. The Bertz CT molecular complexity index is 242. The Kier molecular flexibility index (Phi) is 1.58. The first-order valence-corrected chi connectivity index (χ1v) is 2.73. The lowest BCUT2D eigenvalue weighted by Crippen LogP contribution is -2.14. The molecule has 4 heteroatoms. The maximum absolute atomic E-state index is 10.7. The molecule has 0 unspecified atom stereocenters. The molecule has 0 aliphatic rings. The number of aromatic amines is 1. The molecule has 0 fully saturated rings. The maximum atomic E-state index is 10.7. The SMILES string of the molecule is CCc1n[nH]cnc1=O. The summed E-state index contributed by atoms with van der Waals surface area (Å²) in [6.07, 6.45) is 1.91. The van der Waals surface area contributed by atoms with Gasteiger partial charge < -0.3 is 0 Å². The lowest BCUT2D eigenvalue weighted by atomic mass is 10.4. The van der Waals surface area contributed by atoms with Crippen molar-refractivity contribution in [1.82, 2.24) is 15.2 Å². The van der Waals surface area contributed by atoms with Gasteiger partial charge in [-0.1, -0.05) is 6.92 Å². The summed E-state index contributed by atoms with van der Waals surface area (Å²) in [5.74, 6) is 0. The maximum Gasteiger partial charge on any atom is 0.294 e. The van der Waals surface area contributed by atoms with Gasteiger partial charge in [0.05, 0.1) is 0 Å². The Morgan fingerprint density at radius 1 is 1.78 bits per heavy atom. The summed E-state index contributed by atoms with van der Waals surface area (Å²) in [6, 6.07) is 0. The number of aryl methyl sites for hydroxylation is 1. The third-order valence-electron chi connectivity index (χ3n) is 1.02. The zero-order valence-electron chi connectivity index (χ0n) is 5.09.